The normalized spacial score (nSPS) is 15.1. The van der Waals surface area contributed by atoms with Gasteiger partial charge in [-0.1, -0.05) is 12.1 Å². The molecule has 11 heteroatoms. The molecule has 0 saturated heterocycles. The molecule has 0 aliphatic heterocycles. The number of ether oxygens (including phenoxy) is 2. The average molecular weight is 412 g/mol. The number of halogens is 9. The van der Waals surface area contributed by atoms with Crippen molar-refractivity contribution in [3.8, 4) is 5.75 Å². The fourth-order valence-corrected chi connectivity index (χ4v) is 2.14. The highest BCUT2D eigenvalue weighted by molar-refractivity contribution is 5.29. The van der Waals surface area contributed by atoms with Crippen LogP contribution in [0.15, 0.2) is 24.3 Å². The van der Waals surface area contributed by atoms with Crippen LogP contribution in [0.4, 0.5) is 39.5 Å². The van der Waals surface area contributed by atoms with Gasteiger partial charge in [-0.2, -0.15) is 39.5 Å². The minimum atomic E-state index is -6.92. The topological polar surface area (TPSA) is 18.5 Å². The molecule has 0 aliphatic rings. The van der Waals surface area contributed by atoms with E-state index in [9.17, 15) is 39.5 Å². The zero-order valence-electron chi connectivity index (χ0n) is 14.4. The van der Waals surface area contributed by atoms with Crippen LogP contribution in [0.25, 0.3) is 0 Å². The van der Waals surface area contributed by atoms with E-state index in [4.69, 9.17) is 4.74 Å². The van der Waals surface area contributed by atoms with E-state index in [-0.39, 0.29) is 11.7 Å². The summed E-state index contributed by atoms with van der Waals surface area (Å²) in [6.07, 6.45) is -11.0. The lowest BCUT2D eigenvalue weighted by Gasteiger charge is -2.35. The molecule has 1 unspecified atom stereocenters. The van der Waals surface area contributed by atoms with E-state index in [0.717, 1.165) is 19.2 Å². The van der Waals surface area contributed by atoms with Gasteiger partial charge < -0.3 is 9.47 Å². The lowest BCUT2D eigenvalue weighted by atomic mass is 9.95. The van der Waals surface area contributed by atoms with E-state index in [1.54, 1.807) is 13.8 Å². The van der Waals surface area contributed by atoms with E-state index in [0.29, 0.717) is 5.75 Å². The Morgan fingerprint density at radius 3 is 1.67 bits per heavy atom. The summed E-state index contributed by atoms with van der Waals surface area (Å²) in [7, 11) is 0.833. The first-order valence-corrected chi connectivity index (χ1v) is 7.56. The lowest BCUT2D eigenvalue weighted by Crippen LogP contribution is -2.61. The molecule has 1 aromatic rings. The molecular weight excluding hydrogens is 395 g/mol. The maximum Gasteiger partial charge on any atom is 0.460 e. The van der Waals surface area contributed by atoms with Crippen molar-refractivity contribution in [1.29, 1.82) is 0 Å². The van der Waals surface area contributed by atoms with Gasteiger partial charge in [0.05, 0.1) is 12.2 Å². The standard InChI is InChI=1S/C16H17F9O2/c1-9(2)27-11-6-4-10(5-7-11)12(26-3)8-13(17,18)14(19,20)15(21,22)16(23,24)25/h4-7,9,12H,8H2,1-3H3. The minimum Gasteiger partial charge on any atom is -0.491 e. The van der Waals surface area contributed by atoms with Crippen LogP contribution in [0.2, 0.25) is 0 Å². The van der Waals surface area contributed by atoms with Crippen molar-refractivity contribution in [3.05, 3.63) is 29.8 Å². The number of benzene rings is 1. The zero-order valence-corrected chi connectivity index (χ0v) is 14.4. The van der Waals surface area contributed by atoms with E-state index < -0.39 is 36.5 Å². The molecule has 0 bridgehead atoms. The Morgan fingerprint density at radius 2 is 1.30 bits per heavy atom. The summed E-state index contributed by atoms with van der Waals surface area (Å²) in [4.78, 5) is 0. The molecule has 0 saturated carbocycles. The molecule has 0 radical (unpaired) electrons. The highest BCUT2D eigenvalue weighted by Gasteiger charge is 2.81. The van der Waals surface area contributed by atoms with Gasteiger partial charge in [-0.25, -0.2) is 0 Å². The summed E-state index contributed by atoms with van der Waals surface area (Å²) < 4.78 is 126. The van der Waals surface area contributed by atoms with Crippen LogP contribution in [0.3, 0.4) is 0 Å². The van der Waals surface area contributed by atoms with Crippen molar-refractivity contribution in [2.75, 3.05) is 7.11 Å². The van der Waals surface area contributed by atoms with Crippen LogP contribution in [0, 0.1) is 0 Å². The minimum absolute atomic E-state index is 0.126. The number of rotatable bonds is 8. The molecule has 156 valence electrons. The zero-order chi connectivity index (χ0) is 21.3. The summed E-state index contributed by atoms with van der Waals surface area (Å²) in [6.45, 7) is 3.41. The first kappa shape index (κ1) is 23.4. The van der Waals surface area contributed by atoms with E-state index in [1.807, 2.05) is 0 Å². The van der Waals surface area contributed by atoms with Crippen molar-refractivity contribution in [1.82, 2.24) is 0 Å². The van der Waals surface area contributed by atoms with Crippen LogP contribution in [-0.4, -0.2) is 37.2 Å². The van der Waals surface area contributed by atoms with Crippen LogP contribution in [0.5, 0.6) is 5.75 Å². The van der Waals surface area contributed by atoms with Gasteiger partial charge in [-0.05, 0) is 31.5 Å². The van der Waals surface area contributed by atoms with Crippen molar-refractivity contribution >= 4 is 0 Å². The largest absolute Gasteiger partial charge is 0.491 e. The van der Waals surface area contributed by atoms with Crippen molar-refractivity contribution in [3.63, 3.8) is 0 Å². The molecule has 27 heavy (non-hydrogen) atoms. The molecule has 1 aromatic carbocycles. The van der Waals surface area contributed by atoms with Gasteiger partial charge in [-0.3, -0.25) is 0 Å². The Bertz CT molecular complexity index is 609. The number of alkyl halides is 9. The highest BCUT2D eigenvalue weighted by Crippen LogP contribution is 2.55. The molecule has 0 fully saturated rings. The number of methoxy groups -OCH3 is 1. The monoisotopic (exact) mass is 412 g/mol. The fourth-order valence-electron chi connectivity index (χ4n) is 2.14. The van der Waals surface area contributed by atoms with Crippen LogP contribution < -0.4 is 4.74 Å². The average Bonchev–Trinajstić information content (AvgIpc) is 2.51. The van der Waals surface area contributed by atoms with Gasteiger partial charge in [-0.15, -0.1) is 0 Å². The van der Waals surface area contributed by atoms with Gasteiger partial charge in [0.2, 0.25) is 0 Å². The van der Waals surface area contributed by atoms with E-state index >= 15 is 0 Å². The maximum atomic E-state index is 13.8. The first-order valence-electron chi connectivity index (χ1n) is 7.56. The molecule has 2 nitrogen and oxygen atoms in total. The van der Waals surface area contributed by atoms with Crippen molar-refractivity contribution < 1.29 is 49.0 Å². The van der Waals surface area contributed by atoms with Gasteiger partial charge in [0.1, 0.15) is 5.75 Å². The Hall–Kier alpha value is -1.65. The Morgan fingerprint density at radius 1 is 0.815 bits per heavy atom. The molecule has 0 spiro atoms. The predicted octanol–water partition coefficient (Wildman–Crippen LogP) is 6.02. The predicted molar refractivity (Wildman–Crippen MR) is 77.5 cm³/mol. The molecule has 0 amide bonds. The first-order chi connectivity index (χ1) is 12.1. The van der Waals surface area contributed by atoms with Gasteiger partial charge in [0.15, 0.2) is 0 Å². The summed E-state index contributed by atoms with van der Waals surface area (Å²) in [5.41, 5.74) is -0.126. The molecule has 0 N–H and O–H groups in total. The van der Waals surface area contributed by atoms with Gasteiger partial charge in [0.25, 0.3) is 0 Å². The maximum absolute atomic E-state index is 13.8. The van der Waals surface area contributed by atoms with Gasteiger partial charge in [0, 0.05) is 13.5 Å². The number of hydrogen-bond donors (Lipinski definition) is 0. The third kappa shape index (κ3) is 4.80. The van der Waals surface area contributed by atoms with E-state index in [2.05, 4.69) is 4.74 Å². The Kier molecular flexibility index (Phi) is 6.73. The van der Waals surface area contributed by atoms with Crippen molar-refractivity contribution in [2.24, 2.45) is 0 Å². The molecule has 0 aromatic heterocycles. The smallest absolute Gasteiger partial charge is 0.460 e. The van der Waals surface area contributed by atoms with Crippen LogP contribution >= 0.6 is 0 Å². The fraction of sp³-hybridized carbons (Fsp3) is 0.625. The van der Waals surface area contributed by atoms with E-state index in [1.165, 1.54) is 12.1 Å². The van der Waals surface area contributed by atoms with Crippen LogP contribution in [0.1, 0.15) is 31.9 Å². The molecular formula is C16H17F9O2. The van der Waals surface area contributed by atoms with Crippen molar-refractivity contribution in [2.45, 2.75) is 56.4 Å². The van der Waals surface area contributed by atoms with Crippen LogP contribution in [-0.2, 0) is 4.74 Å². The molecule has 1 atom stereocenters. The molecule has 0 aliphatic carbocycles. The summed E-state index contributed by atoms with van der Waals surface area (Å²) in [5, 5.41) is 0. The number of hydrogen-bond acceptors (Lipinski definition) is 2. The summed E-state index contributed by atoms with van der Waals surface area (Å²) in [6, 6.07) is 4.90. The lowest BCUT2D eigenvalue weighted by molar-refractivity contribution is -0.398. The molecule has 1 rings (SSSR count). The third-order valence-corrected chi connectivity index (χ3v) is 3.56. The second kappa shape index (κ2) is 7.76. The second-order valence-electron chi connectivity index (χ2n) is 6.02. The molecule has 0 heterocycles. The highest BCUT2D eigenvalue weighted by atomic mass is 19.4. The van der Waals surface area contributed by atoms with Gasteiger partial charge >= 0.3 is 23.9 Å². The third-order valence-electron chi connectivity index (χ3n) is 3.56. The summed E-state index contributed by atoms with van der Waals surface area (Å²) >= 11 is 0. The second-order valence-corrected chi connectivity index (χ2v) is 6.02. The Labute approximate surface area is 149 Å². The quantitative estimate of drug-likeness (QED) is 0.486. The SMILES string of the molecule is COC(CC(F)(F)C(F)(F)C(F)(F)C(F)(F)F)c1ccc(OC(C)C)cc1. The summed E-state index contributed by atoms with van der Waals surface area (Å²) in [5.74, 6) is -19.0. The Balaban J connectivity index is 3.10.